The molecule has 1 aliphatic rings. The van der Waals surface area contributed by atoms with E-state index in [1.807, 2.05) is 0 Å². The van der Waals surface area contributed by atoms with Crippen molar-refractivity contribution in [1.29, 1.82) is 5.26 Å². The first-order valence-electron chi connectivity index (χ1n) is 6.28. The molecule has 2 rings (SSSR count). The molecule has 1 aromatic rings. The summed E-state index contributed by atoms with van der Waals surface area (Å²) in [5, 5.41) is 8.39. The number of nitrogens with zero attached hydrogens (tertiary/aromatic N) is 2. The lowest BCUT2D eigenvalue weighted by atomic mass is 10.2. The van der Waals surface area contributed by atoms with E-state index in [1.54, 1.807) is 6.07 Å². The maximum atomic E-state index is 13.7. The fraction of sp³-hybridized carbons (Fsp3) is 0.385. The maximum Gasteiger partial charge on any atom is 0.325 e. The van der Waals surface area contributed by atoms with E-state index in [4.69, 9.17) is 5.26 Å². The molecule has 1 aliphatic heterocycles. The highest BCUT2D eigenvalue weighted by atomic mass is 32.2. The van der Waals surface area contributed by atoms with Crippen LogP contribution in [-0.2, 0) is 19.6 Å². The standard InChI is InChI=1S/C13H13FN2O4S/c14-10-4-1-2-6-12(10)21(18,19)16-8-3-5-11(16)13(17)20-9-7-15/h1-2,4,6,11H,3,5,8-9H2/t11-/m0/s1. The van der Waals surface area contributed by atoms with Crippen molar-refractivity contribution >= 4 is 16.0 Å². The summed E-state index contributed by atoms with van der Waals surface area (Å²) in [4.78, 5) is 11.3. The second-order valence-corrected chi connectivity index (χ2v) is 6.33. The van der Waals surface area contributed by atoms with Crippen LogP contribution in [0, 0.1) is 17.1 Å². The number of sulfonamides is 1. The molecule has 0 amide bonds. The predicted octanol–water partition coefficient (Wildman–Crippen LogP) is 1.05. The van der Waals surface area contributed by atoms with E-state index in [9.17, 15) is 17.6 Å². The van der Waals surface area contributed by atoms with Crippen LogP contribution in [-0.4, -0.2) is 37.9 Å². The third-order valence-corrected chi connectivity index (χ3v) is 5.12. The van der Waals surface area contributed by atoms with Gasteiger partial charge in [-0.1, -0.05) is 12.1 Å². The Labute approximate surface area is 121 Å². The van der Waals surface area contributed by atoms with Crippen molar-refractivity contribution in [2.45, 2.75) is 23.8 Å². The number of hydrogen-bond donors (Lipinski definition) is 0. The normalized spacial score (nSPS) is 19.1. The summed E-state index contributed by atoms with van der Waals surface area (Å²) >= 11 is 0. The lowest BCUT2D eigenvalue weighted by Gasteiger charge is -2.22. The minimum absolute atomic E-state index is 0.114. The van der Waals surface area contributed by atoms with Crippen molar-refractivity contribution < 1.29 is 22.3 Å². The first-order valence-corrected chi connectivity index (χ1v) is 7.72. The number of ether oxygens (including phenoxy) is 1. The number of carbonyl (C=O) groups excluding carboxylic acids is 1. The number of rotatable bonds is 4. The molecule has 1 saturated heterocycles. The number of carbonyl (C=O) groups is 1. The fourth-order valence-corrected chi connectivity index (χ4v) is 3.96. The largest absolute Gasteiger partial charge is 0.449 e. The molecule has 0 aromatic heterocycles. The highest BCUT2D eigenvalue weighted by Crippen LogP contribution is 2.28. The average molecular weight is 312 g/mol. The van der Waals surface area contributed by atoms with Crippen molar-refractivity contribution in [3.05, 3.63) is 30.1 Å². The number of halogens is 1. The number of benzene rings is 1. The molecule has 6 nitrogen and oxygen atoms in total. The van der Waals surface area contributed by atoms with Crippen molar-refractivity contribution in [2.24, 2.45) is 0 Å². The molecular weight excluding hydrogens is 299 g/mol. The summed E-state index contributed by atoms with van der Waals surface area (Å²) in [6.07, 6.45) is 0.762. The van der Waals surface area contributed by atoms with Gasteiger partial charge in [-0.2, -0.15) is 9.57 Å². The smallest absolute Gasteiger partial charge is 0.325 e. The molecule has 0 N–H and O–H groups in total. The Morgan fingerprint density at radius 2 is 2.19 bits per heavy atom. The molecule has 21 heavy (non-hydrogen) atoms. The number of nitriles is 1. The molecule has 0 spiro atoms. The molecule has 0 aliphatic carbocycles. The van der Waals surface area contributed by atoms with Gasteiger partial charge in [0.25, 0.3) is 0 Å². The first kappa shape index (κ1) is 15.4. The van der Waals surface area contributed by atoms with Gasteiger partial charge in [0, 0.05) is 6.54 Å². The van der Waals surface area contributed by atoms with Gasteiger partial charge < -0.3 is 4.74 Å². The van der Waals surface area contributed by atoms with Crippen LogP contribution in [0.1, 0.15) is 12.8 Å². The van der Waals surface area contributed by atoms with Gasteiger partial charge in [0.05, 0.1) is 0 Å². The zero-order chi connectivity index (χ0) is 15.5. The summed E-state index contributed by atoms with van der Waals surface area (Å²) < 4.78 is 44.2. The van der Waals surface area contributed by atoms with Crippen LogP contribution in [0.2, 0.25) is 0 Å². The third kappa shape index (κ3) is 3.04. The van der Waals surface area contributed by atoms with Gasteiger partial charge in [-0.05, 0) is 25.0 Å². The summed E-state index contributed by atoms with van der Waals surface area (Å²) in [6, 6.07) is 5.63. The average Bonchev–Trinajstić information content (AvgIpc) is 2.95. The molecule has 8 heteroatoms. The fourth-order valence-electron chi connectivity index (χ4n) is 2.24. The van der Waals surface area contributed by atoms with Crippen molar-refractivity contribution in [3.63, 3.8) is 0 Å². The summed E-state index contributed by atoms with van der Waals surface area (Å²) in [5.41, 5.74) is 0. The van der Waals surface area contributed by atoms with Gasteiger partial charge in [-0.3, -0.25) is 4.79 Å². The minimum atomic E-state index is -4.11. The van der Waals surface area contributed by atoms with E-state index in [0.29, 0.717) is 6.42 Å². The molecule has 1 aromatic carbocycles. The predicted molar refractivity (Wildman–Crippen MR) is 69.9 cm³/mol. The number of hydrogen-bond acceptors (Lipinski definition) is 5. The molecular formula is C13H13FN2O4S. The third-order valence-electron chi connectivity index (χ3n) is 3.18. The molecule has 1 fully saturated rings. The molecule has 1 atom stereocenters. The second-order valence-electron chi connectivity index (χ2n) is 4.47. The van der Waals surface area contributed by atoms with Gasteiger partial charge >= 0.3 is 5.97 Å². The lowest BCUT2D eigenvalue weighted by molar-refractivity contribution is -0.146. The van der Waals surface area contributed by atoms with E-state index >= 15 is 0 Å². The Balaban J connectivity index is 2.29. The van der Waals surface area contributed by atoms with Crippen LogP contribution in [0.25, 0.3) is 0 Å². The molecule has 112 valence electrons. The van der Waals surface area contributed by atoms with Crippen LogP contribution in [0.4, 0.5) is 4.39 Å². The van der Waals surface area contributed by atoms with E-state index in [1.165, 1.54) is 12.1 Å². The molecule has 0 saturated carbocycles. The van der Waals surface area contributed by atoms with Crippen LogP contribution >= 0.6 is 0 Å². The van der Waals surface area contributed by atoms with Crippen molar-refractivity contribution in [2.75, 3.05) is 13.2 Å². The van der Waals surface area contributed by atoms with E-state index in [0.717, 1.165) is 16.4 Å². The Kier molecular flexibility index (Phi) is 4.55. The van der Waals surface area contributed by atoms with E-state index < -0.39 is 39.4 Å². The summed E-state index contributed by atoms with van der Waals surface area (Å²) in [7, 11) is -4.11. The quantitative estimate of drug-likeness (QED) is 0.775. The zero-order valence-corrected chi connectivity index (χ0v) is 11.8. The Morgan fingerprint density at radius 1 is 1.48 bits per heavy atom. The Hall–Kier alpha value is -1.98. The maximum absolute atomic E-state index is 13.7. The second kappa shape index (κ2) is 6.20. The van der Waals surface area contributed by atoms with E-state index in [-0.39, 0.29) is 13.0 Å². The van der Waals surface area contributed by atoms with Crippen LogP contribution in [0.5, 0.6) is 0 Å². The lowest BCUT2D eigenvalue weighted by Crippen LogP contribution is -2.41. The zero-order valence-electron chi connectivity index (χ0n) is 11.0. The number of esters is 1. The van der Waals surface area contributed by atoms with E-state index in [2.05, 4.69) is 4.74 Å². The SMILES string of the molecule is N#CCOC(=O)[C@@H]1CCCN1S(=O)(=O)c1ccccc1F. The van der Waals surface area contributed by atoms with Crippen molar-refractivity contribution in [3.8, 4) is 6.07 Å². The van der Waals surface area contributed by atoms with Gasteiger partial charge in [-0.15, -0.1) is 0 Å². The van der Waals surface area contributed by atoms with Gasteiger partial charge in [0.15, 0.2) is 6.61 Å². The Bertz CT molecular complexity index is 684. The first-order chi connectivity index (χ1) is 9.98. The van der Waals surface area contributed by atoms with Crippen LogP contribution in [0.3, 0.4) is 0 Å². The molecule has 1 heterocycles. The van der Waals surface area contributed by atoms with Crippen LogP contribution in [0.15, 0.2) is 29.2 Å². The van der Waals surface area contributed by atoms with Gasteiger partial charge in [-0.25, -0.2) is 12.8 Å². The molecule has 0 radical (unpaired) electrons. The highest BCUT2D eigenvalue weighted by Gasteiger charge is 2.41. The highest BCUT2D eigenvalue weighted by molar-refractivity contribution is 7.89. The van der Waals surface area contributed by atoms with Gasteiger partial charge in [0.2, 0.25) is 10.0 Å². The van der Waals surface area contributed by atoms with Crippen molar-refractivity contribution in [1.82, 2.24) is 4.31 Å². The van der Waals surface area contributed by atoms with Gasteiger partial charge in [0.1, 0.15) is 22.8 Å². The monoisotopic (exact) mass is 312 g/mol. The summed E-state index contributed by atoms with van der Waals surface area (Å²) in [5.74, 6) is -1.65. The van der Waals surface area contributed by atoms with Crippen LogP contribution < -0.4 is 0 Å². The topological polar surface area (TPSA) is 87.5 Å². The Morgan fingerprint density at radius 3 is 2.86 bits per heavy atom. The minimum Gasteiger partial charge on any atom is -0.449 e. The molecule has 0 bridgehead atoms. The summed E-state index contributed by atoms with van der Waals surface area (Å²) in [6.45, 7) is -0.327. The molecule has 0 unspecified atom stereocenters.